The van der Waals surface area contributed by atoms with Crippen LogP contribution in [0.3, 0.4) is 0 Å². The molecule has 0 spiro atoms. The Kier molecular flexibility index (Phi) is 3.71. The molecule has 25 heavy (non-hydrogen) atoms. The molecular weight excluding hydrogens is 336 g/mol. The minimum absolute atomic E-state index is 0.204. The Morgan fingerprint density at radius 3 is 2.84 bits per heavy atom. The van der Waals surface area contributed by atoms with E-state index in [1.165, 1.54) is 0 Å². The van der Waals surface area contributed by atoms with Crippen LogP contribution in [0.1, 0.15) is 51.6 Å². The van der Waals surface area contributed by atoms with E-state index in [0.29, 0.717) is 11.1 Å². The number of halogens is 1. The van der Waals surface area contributed by atoms with Crippen molar-refractivity contribution < 1.29 is 9.90 Å². The Balaban J connectivity index is 1.76. The molecule has 2 bridgehead atoms. The molecule has 0 radical (unpaired) electrons. The summed E-state index contributed by atoms with van der Waals surface area (Å²) < 4.78 is 0. The number of carboxylic acids is 1. The molecule has 2 fully saturated rings. The largest absolute Gasteiger partial charge is 0.480 e. The molecule has 5 heteroatoms. The highest BCUT2D eigenvalue weighted by Gasteiger charge is 2.52. The van der Waals surface area contributed by atoms with Gasteiger partial charge in [0, 0.05) is 40.3 Å². The van der Waals surface area contributed by atoms with Gasteiger partial charge in [0.25, 0.3) is 0 Å². The number of benzene rings is 1. The van der Waals surface area contributed by atoms with E-state index in [1.807, 2.05) is 24.4 Å². The molecule has 0 amide bonds. The lowest BCUT2D eigenvalue weighted by atomic mass is 9.65. The summed E-state index contributed by atoms with van der Waals surface area (Å²) >= 11 is 6.07. The molecule has 1 saturated heterocycles. The average molecular weight is 361 g/mol. The van der Waals surface area contributed by atoms with Gasteiger partial charge in [-0.05, 0) is 42.2 Å². The molecule has 2 heterocycles. The highest BCUT2D eigenvalue weighted by molar-refractivity contribution is 6.31. The van der Waals surface area contributed by atoms with Crippen LogP contribution in [0.5, 0.6) is 0 Å². The number of carbonyl (C=O) groups is 1. The number of carboxylic acid groups (broad SMARTS) is 1. The second kappa shape index (κ2) is 5.49. The van der Waals surface area contributed by atoms with Crippen molar-refractivity contribution in [2.45, 2.75) is 52.1 Å². The predicted molar refractivity (Wildman–Crippen MR) is 99.9 cm³/mol. The van der Waals surface area contributed by atoms with E-state index in [2.05, 4.69) is 30.7 Å². The summed E-state index contributed by atoms with van der Waals surface area (Å²) in [5.74, 6) is -0.773. The van der Waals surface area contributed by atoms with Gasteiger partial charge in [0.2, 0.25) is 0 Å². The number of hydrogen-bond donors (Lipinski definition) is 2. The zero-order valence-corrected chi connectivity index (χ0v) is 15.7. The number of nitrogens with zero attached hydrogens (tertiary/aromatic N) is 1. The quantitative estimate of drug-likeness (QED) is 0.822. The van der Waals surface area contributed by atoms with Gasteiger partial charge in [-0.15, -0.1) is 0 Å². The molecule has 1 aromatic heterocycles. The first-order chi connectivity index (χ1) is 11.7. The standard InChI is InChI=1S/C20H25ClN2O2/c1-19(2)7-13-8-20(3,10-19)11-23(13)17(18(24)25)15-9-22-16-6-12(21)4-5-14(15)16/h4-6,9,13,17,22H,7-8,10-11H2,1-3H3,(H,24,25)/t13-,17+,20-/m0/s1. The van der Waals surface area contributed by atoms with Gasteiger partial charge >= 0.3 is 5.97 Å². The van der Waals surface area contributed by atoms with Crippen molar-refractivity contribution >= 4 is 28.5 Å². The molecule has 0 unspecified atom stereocenters. The van der Waals surface area contributed by atoms with Gasteiger partial charge in [-0.1, -0.05) is 38.4 Å². The summed E-state index contributed by atoms with van der Waals surface area (Å²) in [5, 5.41) is 11.7. The Labute approximate surface area is 153 Å². The number of fused-ring (bicyclic) bond motifs is 3. The van der Waals surface area contributed by atoms with Crippen molar-refractivity contribution in [3.8, 4) is 0 Å². The fourth-order valence-corrected chi connectivity index (χ4v) is 5.78. The van der Waals surface area contributed by atoms with Crippen LogP contribution >= 0.6 is 11.6 Å². The Morgan fingerprint density at radius 1 is 1.36 bits per heavy atom. The van der Waals surface area contributed by atoms with Gasteiger partial charge in [0.15, 0.2) is 0 Å². The third-order valence-corrected chi connectivity index (χ3v) is 6.23. The number of likely N-dealkylation sites (tertiary alicyclic amines) is 1. The van der Waals surface area contributed by atoms with Crippen LogP contribution in [-0.2, 0) is 4.79 Å². The number of H-pyrrole nitrogens is 1. The van der Waals surface area contributed by atoms with Crippen LogP contribution in [0, 0.1) is 10.8 Å². The maximum absolute atomic E-state index is 12.3. The highest BCUT2D eigenvalue weighted by Crippen LogP contribution is 2.54. The SMILES string of the molecule is CC1(C)C[C@H]2C[C@](C)(CN2[C@@H](C(=O)O)c2c[nH]c3cc(Cl)ccc23)C1. The minimum Gasteiger partial charge on any atom is -0.480 e. The summed E-state index contributed by atoms with van der Waals surface area (Å²) in [6, 6.07) is 5.31. The molecule has 1 aromatic carbocycles. The molecule has 4 rings (SSSR count). The lowest BCUT2D eigenvalue weighted by Crippen LogP contribution is -2.39. The van der Waals surface area contributed by atoms with Gasteiger partial charge in [-0.2, -0.15) is 0 Å². The molecule has 1 saturated carbocycles. The van der Waals surface area contributed by atoms with Gasteiger partial charge in [0.05, 0.1) is 0 Å². The van der Waals surface area contributed by atoms with E-state index in [0.717, 1.165) is 42.3 Å². The molecule has 2 aromatic rings. The van der Waals surface area contributed by atoms with E-state index in [1.54, 1.807) is 0 Å². The van der Waals surface area contributed by atoms with E-state index < -0.39 is 12.0 Å². The van der Waals surface area contributed by atoms with Crippen LogP contribution in [0.4, 0.5) is 0 Å². The first kappa shape index (κ1) is 16.9. The van der Waals surface area contributed by atoms with E-state index in [4.69, 9.17) is 11.6 Å². The highest BCUT2D eigenvalue weighted by atomic mass is 35.5. The number of nitrogens with one attached hydrogen (secondary N) is 1. The number of hydrogen-bond acceptors (Lipinski definition) is 2. The molecule has 2 N–H and O–H groups in total. The van der Waals surface area contributed by atoms with Crippen molar-refractivity contribution in [3.05, 3.63) is 35.0 Å². The zero-order valence-electron chi connectivity index (χ0n) is 15.0. The number of aromatic nitrogens is 1. The normalized spacial score (nSPS) is 29.8. The Bertz CT molecular complexity index is 843. The van der Waals surface area contributed by atoms with Crippen LogP contribution in [-0.4, -0.2) is 33.5 Å². The molecule has 1 aliphatic carbocycles. The van der Waals surface area contributed by atoms with Gasteiger partial charge in [0.1, 0.15) is 6.04 Å². The van der Waals surface area contributed by atoms with E-state index in [9.17, 15) is 9.90 Å². The summed E-state index contributed by atoms with van der Waals surface area (Å²) in [5.41, 5.74) is 2.20. The molecule has 2 aliphatic rings. The van der Waals surface area contributed by atoms with E-state index >= 15 is 0 Å². The number of aliphatic carboxylic acids is 1. The first-order valence-corrected chi connectivity index (χ1v) is 9.30. The van der Waals surface area contributed by atoms with Gasteiger partial charge in [-0.3, -0.25) is 9.69 Å². The van der Waals surface area contributed by atoms with Crippen LogP contribution in [0.15, 0.2) is 24.4 Å². The summed E-state index contributed by atoms with van der Waals surface area (Å²) in [4.78, 5) is 17.7. The molecule has 134 valence electrons. The monoisotopic (exact) mass is 360 g/mol. The third-order valence-electron chi connectivity index (χ3n) is 5.99. The smallest absolute Gasteiger partial charge is 0.325 e. The fourth-order valence-electron chi connectivity index (χ4n) is 5.61. The second-order valence-corrected chi connectivity index (χ2v) is 9.50. The fraction of sp³-hybridized carbons (Fsp3) is 0.550. The van der Waals surface area contributed by atoms with Gasteiger partial charge < -0.3 is 10.1 Å². The zero-order chi connectivity index (χ0) is 18.0. The molecule has 4 nitrogen and oxygen atoms in total. The number of aromatic amines is 1. The Hall–Kier alpha value is -1.52. The third kappa shape index (κ3) is 2.85. The topological polar surface area (TPSA) is 56.3 Å². The molecule has 1 aliphatic heterocycles. The summed E-state index contributed by atoms with van der Waals surface area (Å²) in [6.07, 6.45) is 5.15. The van der Waals surface area contributed by atoms with E-state index in [-0.39, 0.29) is 10.8 Å². The summed E-state index contributed by atoms with van der Waals surface area (Å²) in [7, 11) is 0. The maximum atomic E-state index is 12.3. The number of rotatable bonds is 3. The lowest BCUT2D eigenvalue weighted by molar-refractivity contribution is -0.144. The van der Waals surface area contributed by atoms with Crippen molar-refractivity contribution in [2.24, 2.45) is 10.8 Å². The molecule has 3 atom stereocenters. The van der Waals surface area contributed by atoms with Crippen molar-refractivity contribution in [3.63, 3.8) is 0 Å². The van der Waals surface area contributed by atoms with Crippen molar-refractivity contribution in [2.75, 3.05) is 6.54 Å². The van der Waals surface area contributed by atoms with Gasteiger partial charge in [-0.25, -0.2) is 0 Å². The van der Waals surface area contributed by atoms with Crippen molar-refractivity contribution in [1.82, 2.24) is 9.88 Å². The summed E-state index contributed by atoms with van der Waals surface area (Å²) in [6.45, 7) is 7.78. The molecular formula is C20H25ClN2O2. The van der Waals surface area contributed by atoms with Crippen LogP contribution < -0.4 is 0 Å². The second-order valence-electron chi connectivity index (χ2n) is 9.06. The van der Waals surface area contributed by atoms with Crippen LogP contribution in [0.2, 0.25) is 5.02 Å². The van der Waals surface area contributed by atoms with Crippen molar-refractivity contribution in [1.29, 1.82) is 0 Å². The predicted octanol–water partition coefficient (Wildman–Crippen LogP) is 4.85. The van der Waals surface area contributed by atoms with Crippen LogP contribution in [0.25, 0.3) is 10.9 Å². The minimum atomic E-state index is -0.773. The first-order valence-electron chi connectivity index (χ1n) is 8.93. The maximum Gasteiger partial charge on any atom is 0.325 e. The Morgan fingerprint density at radius 2 is 2.12 bits per heavy atom. The average Bonchev–Trinajstić information content (AvgIpc) is 2.97. The lowest BCUT2D eigenvalue weighted by Gasteiger charge is -2.40.